The van der Waals surface area contributed by atoms with E-state index in [1.54, 1.807) is 6.07 Å². The third-order valence-electron chi connectivity index (χ3n) is 1.59. The Morgan fingerprint density at radius 2 is 1.75 bits per heavy atom. The fourth-order valence-corrected chi connectivity index (χ4v) is 1.12. The third kappa shape index (κ3) is 2.27. The summed E-state index contributed by atoms with van der Waals surface area (Å²) in [6.07, 6.45) is 2.11. The van der Waals surface area contributed by atoms with Crippen molar-refractivity contribution in [2.24, 2.45) is 0 Å². The van der Waals surface area contributed by atoms with E-state index in [9.17, 15) is 4.79 Å². The number of aldehydes is 1. The van der Waals surface area contributed by atoms with Gasteiger partial charge in [-0.3, -0.25) is 0 Å². The summed E-state index contributed by atoms with van der Waals surface area (Å²) in [6.45, 7) is 0. The number of hydrogen-bond acceptors (Lipinski definition) is 3. The monoisotopic (exact) mass is 164 g/mol. The number of rotatable bonds is 3. The topological polar surface area (TPSA) is 69.1 Å². The Morgan fingerprint density at radius 1 is 1.17 bits per heavy atom. The Kier molecular flexibility index (Phi) is 2.69. The zero-order chi connectivity index (χ0) is 8.97. The molecule has 0 spiro atoms. The van der Waals surface area contributed by atoms with Gasteiger partial charge in [-0.2, -0.15) is 0 Å². The van der Waals surface area contributed by atoms with Crippen molar-refractivity contribution in [1.29, 1.82) is 0 Å². The van der Waals surface area contributed by atoms with Crippen LogP contribution in [0.1, 0.15) is 12.0 Å². The summed E-state index contributed by atoms with van der Waals surface area (Å²) in [4.78, 5) is 10.1. The normalized spacial score (nSPS) is 9.67. The van der Waals surface area contributed by atoms with Crippen molar-refractivity contribution in [2.75, 3.05) is 11.5 Å². The molecule has 1 aromatic rings. The number of benzene rings is 1. The van der Waals surface area contributed by atoms with Gasteiger partial charge >= 0.3 is 0 Å². The first-order valence-corrected chi connectivity index (χ1v) is 3.81. The van der Waals surface area contributed by atoms with E-state index in [2.05, 4.69) is 0 Å². The number of anilines is 2. The molecule has 0 saturated carbocycles. The van der Waals surface area contributed by atoms with Crippen LogP contribution >= 0.6 is 0 Å². The molecule has 0 atom stereocenters. The van der Waals surface area contributed by atoms with Crippen LogP contribution in [0.2, 0.25) is 0 Å². The lowest BCUT2D eigenvalue weighted by atomic mass is 10.1. The van der Waals surface area contributed by atoms with Crippen LogP contribution in [0.5, 0.6) is 0 Å². The Morgan fingerprint density at radius 3 is 2.25 bits per heavy atom. The summed E-state index contributed by atoms with van der Waals surface area (Å²) in [5.74, 6) is 0. The molecule has 0 aliphatic heterocycles. The Hall–Kier alpha value is -1.51. The fraction of sp³-hybridized carbons (Fsp3) is 0.222. The SMILES string of the molecule is Nc1cc(N)cc(CCC=O)c1. The molecular weight excluding hydrogens is 152 g/mol. The largest absolute Gasteiger partial charge is 0.399 e. The van der Waals surface area contributed by atoms with E-state index in [1.165, 1.54) is 0 Å². The Bertz CT molecular complexity index is 264. The third-order valence-corrected chi connectivity index (χ3v) is 1.59. The highest BCUT2D eigenvalue weighted by Gasteiger charge is 1.95. The van der Waals surface area contributed by atoms with E-state index >= 15 is 0 Å². The summed E-state index contributed by atoms with van der Waals surface area (Å²) in [7, 11) is 0. The highest BCUT2D eigenvalue weighted by molar-refractivity contribution is 5.56. The first-order valence-electron chi connectivity index (χ1n) is 3.81. The summed E-state index contributed by atoms with van der Waals surface area (Å²) in [5.41, 5.74) is 13.4. The van der Waals surface area contributed by atoms with Gasteiger partial charge in [-0.1, -0.05) is 0 Å². The van der Waals surface area contributed by atoms with E-state index in [1.807, 2.05) is 12.1 Å². The number of nitrogen functional groups attached to an aromatic ring is 2. The van der Waals surface area contributed by atoms with E-state index in [0.717, 1.165) is 11.8 Å². The first kappa shape index (κ1) is 8.59. The van der Waals surface area contributed by atoms with Crippen LogP contribution in [0.15, 0.2) is 18.2 Å². The highest BCUT2D eigenvalue weighted by Crippen LogP contribution is 2.14. The van der Waals surface area contributed by atoms with Crippen molar-refractivity contribution >= 4 is 17.7 Å². The minimum Gasteiger partial charge on any atom is -0.399 e. The van der Waals surface area contributed by atoms with Gasteiger partial charge in [0.15, 0.2) is 0 Å². The van der Waals surface area contributed by atoms with E-state index in [0.29, 0.717) is 24.2 Å². The fourth-order valence-electron chi connectivity index (χ4n) is 1.12. The predicted molar refractivity (Wildman–Crippen MR) is 49.7 cm³/mol. The van der Waals surface area contributed by atoms with Crippen LogP contribution < -0.4 is 11.5 Å². The molecule has 12 heavy (non-hydrogen) atoms. The number of nitrogens with two attached hydrogens (primary N) is 2. The van der Waals surface area contributed by atoms with E-state index in [-0.39, 0.29) is 0 Å². The summed E-state index contributed by atoms with van der Waals surface area (Å²) in [6, 6.07) is 5.37. The van der Waals surface area contributed by atoms with Gasteiger partial charge in [0.2, 0.25) is 0 Å². The molecular formula is C9H12N2O. The van der Waals surface area contributed by atoms with Crippen molar-refractivity contribution in [1.82, 2.24) is 0 Å². The number of carbonyl (C=O) groups is 1. The van der Waals surface area contributed by atoms with Crippen LogP contribution in [0.3, 0.4) is 0 Å². The molecule has 0 heterocycles. The minimum atomic E-state index is 0.517. The molecule has 0 fully saturated rings. The van der Waals surface area contributed by atoms with Crippen LogP contribution in [0.4, 0.5) is 11.4 Å². The Labute approximate surface area is 71.4 Å². The molecule has 0 bridgehead atoms. The molecule has 1 rings (SSSR count). The molecule has 0 aromatic heterocycles. The molecule has 0 aliphatic rings. The maximum absolute atomic E-state index is 10.1. The maximum atomic E-state index is 10.1. The molecule has 0 aliphatic carbocycles. The number of hydrogen-bond donors (Lipinski definition) is 2. The quantitative estimate of drug-likeness (QED) is 0.517. The van der Waals surface area contributed by atoms with Gasteiger partial charge in [-0.25, -0.2) is 0 Å². The zero-order valence-corrected chi connectivity index (χ0v) is 6.79. The van der Waals surface area contributed by atoms with Crippen molar-refractivity contribution in [3.8, 4) is 0 Å². The van der Waals surface area contributed by atoms with Gasteiger partial charge in [-0.05, 0) is 30.2 Å². The van der Waals surface area contributed by atoms with Gasteiger partial charge in [0.25, 0.3) is 0 Å². The smallest absolute Gasteiger partial charge is 0.120 e. The summed E-state index contributed by atoms with van der Waals surface area (Å²) < 4.78 is 0. The molecule has 0 amide bonds. The molecule has 64 valence electrons. The Balaban J connectivity index is 2.78. The molecule has 0 radical (unpaired) electrons. The van der Waals surface area contributed by atoms with Gasteiger partial charge in [0.1, 0.15) is 6.29 Å². The number of carbonyl (C=O) groups excluding carboxylic acids is 1. The van der Waals surface area contributed by atoms with Crippen LogP contribution in [0, 0.1) is 0 Å². The first-order chi connectivity index (χ1) is 5.72. The summed E-state index contributed by atoms with van der Waals surface area (Å²) >= 11 is 0. The van der Waals surface area contributed by atoms with Crippen LogP contribution in [-0.2, 0) is 11.2 Å². The molecule has 0 saturated heterocycles. The maximum Gasteiger partial charge on any atom is 0.120 e. The van der Waals surface area contributed by atoms with Crippen molar-refractivity contribution in [3.05, 3.63) is 23.8 Å². The second-order valence-corrected chi connectivity index (χ2v) is 2.71. The van der Waals surface area contributed by atoms with Gasteiger partial charge in [0, 0.05) is 17.8 Å². The lowest BCUT2D eigenvalue weighted by Gasteiger charge is -2.01. The lowest BCUT2D eigenvalue weighted by Crippen LogP contribution is -1.94. The standard InChI is InChI=1S/C9H12N2O/c10-8-4-7(2-1-3-12)5-9(11)6-8/h3-6H,1-2,10-11H2. The molecule has 3 nitrogen and oxygen atoms in total. The zero-order valence-electron chi connectivity index (χ0n) is 6.79. The average molecular weight is 164 g/mol. The second-order valence-electron chi connectivity index (χ2n) is 2.71. The van der Waals surface area contributed by atoms with Gasteiger partial charge in [-0.15, -0.1) is 0 Å². The number of aryl methyl sites for hydroxylation is 1. The van der Waals surface area contributed by atoms with E-state index in [4.69, 9.17) is 11.5 Å². The predicted octanol–water partition coefficient (Wildman–Crippen LogP) is 0.983. The van der Waals surface area contributed by atoms with Crippen molar-refractivity contribution in [2.45, 2.75) is 12.8 Å². The van der Waals surface area contributed by atoms with Crippen LogP contribution in [0.25, 0.3) is 0 Å². The lowest BCUT2D eigenvalue weighted by molar-refractivity contribution is -0.107. The van der Waals surface area contributed by atoms with Gasteiger partial charge < -0.3 is 16.3 Å². The highest BCUT2D eigenvalue weighted by atomic mass is 16.1. The van der Waals surface area contributed by atoms with Crippen LogP contribution in [-0.4, -0.2) is 6.29 Å². The average Bonchev–Trinajstić information content (AvgIpc) is 1.99. The minimum absolute atomic E-state index is 0.517. The molecule has 3 heteroatoms. The van der Waals surface area contributed by atoms with Crippen molar-refractivity contribution in [3.63, 3.8) is 0 Å². The molecule has 4 N–H and O–H groups in total. The van der Waals surface area contributed by atoms with E-state index < -0.39 is 0 Å². The summed E-state index contributed by atoms with van der Waals surface area (Å²) in [5, 5.41) is 0. The van der Waals surface area contributed by atoms with Crippen molar-refractivity contribution < 1.29 is 4.79 Å². The molecule has 0 unspecified atom stereocenters. The molecule has 1 aromatic carbocycles. The van der Waals surface area contributed by atoms with Gasteiger partial charge in [0.05, 0.1) is 0 Å². The second kappa shape index (κ2) is 3.76.